The van der Waals surface area contributed by atoms with Crippen LogP contribution in [0.25, 0.3) is 0 Å². The lowest BCUT2D eigenvalue weighted by Crippen LogP contribution is -2.24. The van der Waals surface area contributed by atoms with Gasteiger partial charge in [-0.2, -0.15) is 0 Å². The summed E-state index contributed by atoms with van der Waals surface area (Å²) < 4.78 is 14.4. The summed E-state index contributed by atoms with van der Waals surface area (Å²) in [6, 6.07) is 14.2. The lowest BCUT2D eigenvalue weighted by Gasteiger charge is -2.17. The standard InChI is InChI=1S/C22H18FN3O3S/c23-17-13-16(9-10-18(17)26-11-1-4-20(26)27)25-21(28)14-5-7-15(8-6-14)24-22(29)19-3-2-12-30-19/h2-3,5-10,12-13H,1,4,11H2,(H,24,29)(H,25,28). The largest absolute Gasteiger partial charge is 0.322 e. The highest BCUT2D eigenvalue weighted by Crippen LogP contribution is 2.27. The molecule has 152 valence electrons. The number of carbonyl (C=O) groups is 3. The van der Waals surface area contributed by atoms with E-state index in [2.05, 4.69) is 10.6 Å². The van der Waals surface area contributed by atoms with Crippen molar-refractivity contribution >= 4 is 46.1 Å². The summed E-state index contributed by atoms with van der Waals surface area (Å²) in [4.78, 5) is 38.3. The van der Waals surface area contributed by atoms with Crippen LogP contribution < -0.4 is 15.5 Å². The molecule has 1 saturated heterocycles. The molecule has 1 aromatic heterocycles. The fourth-order valence-electron chi connectivity index (χ4n) is 3.22. The summed E-state index contributed by atoms with van der Waals surface area (Å²) in [6.07, 6.45) is 1.13. The van der Waals surface area contributed by atoms with E-state index in [1.807, 2.05) is 5.38 Å². The number of rotatable bonds is 5. The molecule has 1 aliphatic heterocycles. The average Bonchev–Trinajstić information content (AvgIpc) is 3.41. The monoisotopic (exact) mass is 423 g/mol. The van der Waals surface area contributed by atoms with Crippen LogP contribution in [0.2, 0.25) is 0 Å². The van der Waals surface area contributed by atoms with E-state index in [0.29, 0.717) is 41.2 Å². The van der Waals surface area contributed by atoms with Gasteiger partial charge in [-0.1, -0.05) is 6.07 Å². The summed E-state index contributed by atoms with van der Waals surface area (Å²) in [5.74, 6) is -1.28. The minimum absolute atomic E-state index is 0.100. The molecule has 3 aromatic rings. The van der Waals surface area contributed by atoms with Crippen LogP contribution in [0.4, 0.5) is 21.5 Å². The zero-order valence-electron chi connectivity index (χ0n) is 15.9. The fraction of sp³-hybridized carbons (Fsp3) is 0.136. The first kappa shape index (κ1) is 19.8. The van der Waals surface area contributed by atoms with Crippen molar-refractivity contribution in [1.82, 2.24) is 0 Å². The first-order valence-corrected chi connectivity index (χ1v) is 10.3. The van der Waals surface area contributed by atoms with Gasteiger partial charge in [0, 0.05) is 29.9 Å². The molecule has 0 atom stereocenters. The quantitative estimate of drug-likeness (QED) is 0.633. The lowest BCUT2D eigenvalue weighted by atomic mass is 10.1. The molecule has 2 aromatic carbocycles. The van der Waals surface area contributed by atoms with Crippen molar-refractivity contribution in [2.24, 2.45) is 0 Å². The molecule has 8 heteroatoms. The second-order valence-corrected chi connectivity index (χ2v) is 7.73. The lowest BCUT2D eigenvalue weighted by molar-refractivity contribution is -0.117. The first-order chi connectivity index (χ1) is 14.5. The predicted octanol–water partition coefficient (Wildman–Crippen LogP) is 4.52. The Morgan fingerprint density at radius 1 is 0.967 bits per heavy atom. The summed E-state index contributed by atoms with van der Waals surface area (Å²) in [5.41, 5.74) is 1.45. The van der Waals surface area contributed by atoms with Crippen molar-refractivity contribution in [3.63, 3.8) is 0 Å². The normalized spacial score (nSPS) is 13.4. The van der Waals surface area contributed by atoms with Crippen LogP contribution in [0.5, 0.6) is 0 Å². The maximum absolute atomic E-state index is 14.4. The molecule has 3 amide bonds. The average molecular weight is 423 g/mol. The van der Waals surface area contributed by atoms with Gasteiger partial charge >= 0.3 is 0 Å². The molecule has 0 saturated carbocycles. The molecular weight excluding hydrogens is 405 g/mol. The molecule has 0 unspecified atom stereocenters. The van der Waals surface area contributed by atoms with Gasteiger partial charge in [0.05, 0.1) is 10.6 Å². The third-order valence-corrected chi connectivity index (χ3v) is 5.59. The minimum atomic E-state index is -0.560. The van der Waals surface area contributed by atoms with Crippen molar-refractivity contribution in [3.05, 3.63) is 76.2 Å². The van der Waals surface area contributed by atoms with E-state index in [0.717, 1.165) is 0 Å². The van der Waals surface area contributed by atoms with Crippen LogP contribution in [0.3, 0.4) is 0 Å². The zero-order chi connectivity index (χ0) is 21.1. The number of amides is 3. The van der Waals surface area contributed by atoms with Crippen molar-refractivity contribution in [2.75, 3.05) is 22.1 Å². The van der Waals surface area contributed by atoms with Crippen LogP contribution in [-0.2, 0) is 4.79 Å². The van der Waals surface area contributed by atoms with Crippen LogP contribution in [0.1, 0.15) is 32.9 Å². The van der Waals surface area contributed by atoms with Crippen LogP contribution >= 0.6 is 11.3 Å². The van der Waals surface area contributed by atoms with E-state index in [1.54, 1.807) is 42.5 Å². The van der Waals surface area contributed by atoms with E-state index in [9.17, 15) is 18.8 Å². The van der Waals surface area contributed by atoms with Crippen LogP contribution in [0.15, 0.2) is 60.0 Å². The number of anilines is 3. The number of nitrogens with one attached hydrogen (secondary N) is 2. The summed E-state index contributed by atoms with van der Waals surface area (Å²) in [5, 5.41) is 7.22. The molecule has 4 rings (SSSR count). The van der Waals surface area contributed by atoms with Gasteiger partial charge in [0.1, 0.15) is 5.82 Å². The first-order valence-electron chi connectivity index (χ1n) is 9.37. The van der Waals surface area contributed by atoms with Crippen molar-refractivity contribution in [1.29, 1.82) is 0 Å². The second-order valence-electron chi connectivity index (χ2n) is 6.78. The molecular formula is C22H18FN3O3S. The highest BCUT2D eigenvalue weighted by molar-refractivity contribution is 7.12. The SMILES string of the molecule is O=C(Nc1ccc(N2CCCC2=O)c(F)c1)c1ccc(NC(=O)c2cccs2)cc1. The Morgan fingerprint density at radius 3 is 2.33 bits per heavy atom. The van der Waals surface area contributed by atoms with Crippen LogP contribution in [-0.4, -0.2) is 24.3 Å². The number of carbonyl (C=O) groups excluding carboxylic acids is 3. The Kier molecular flexibility index (Phi) is 5.58. The maximum Gasteiger partial charge on any atom is 0.265 e. The Balaban J connectivity index is 1.40. The third-order valence-electron chi connectivity index (χ3n) is 4.72. The topological polar surface area (TPSA) is 78.5 Å². The Hall–Kier alpha value is -3.52. The van der Waals surface area contributed by atoms with Gasteiger partial charge in [-0.15, -0.1) is 11.3 Å². The Bertz CT molecular complexity index is 1100. The number of thiophene rings is 1. The smallest absolute Gasteiger partial charge is 0.265 e. The number of benzene rings is 2. The van der Waals surface area contributed by atoms with E-state index in [-0.39, 0.29) is 17.5 Å². The van der Waals surface area contributed by atoms with E-state index in [1.165, 1.54) is 28.4 Å². The number of nitrogens with zero attached hydrogens (tertiary/aromatic N) is 1. The molecule has 2 heterocycles. The van der Waals surface area contributed by atoms with Crippen LogP contribution in [0, 0.1) is 5.82 Å². The molecule has 0 radical (unpaired) electrons. The van der Waals surface area contributed by atoms with E-state index in [4.69, 9.17) is 0 Å². The molecule has 1 fully saturated rings. The summed E-state index contributed by atoms with van der Waals surface area (Å²) in [7, 11) is 0. The van der Waals surface area contributed by atoms with Gasteiger partial charge < -0.3 is 15.5 Å². The highest BCUT2D eigenvalue weighted by Gasteiger charge is 2.24. The predicted molar refractivity (Wildman–Crippen MR) is 115 cm³/mol. The van der Waals surface area contributed by atoms with Crippen molar-refractivity contribution in [3.8, 4) is 0 Å². The molecule has 6 nitrogen and oxygen atoms in total. The summed E-state index contributed by atoms with van der Waals surface area (Å²) >= 11 is 1.34. The van der Waals surface area contributed by atoms with Gasteiger partial charge in [0.25, 0.3) is 11.8 Å². The summed E-state index contributed by atoms with van der Waals surface area (Å²) in [6.45, 7) is 0.497. The fourth-order valence-corrected chi connectivity index (χ4v) is 3.83. The second kappa shape index (κ2) is 8.46. The minimum Gasteiger partial charge on any atom is -0.322 e. The molecule has 0 bridgehead atoms. The molecule has 0 spiro atoms. The number of halogens is 1. The maximum atomic E-state index is 14.4. The van der Waals surface area contributed by atoms with E-state index >= 15 is 0 Å². The van der Waals surface area contributed by atoms with Gasteiger partial charge in [-0.3, -0.25) is 14.4 Å². The van der Waals surface area contributed by atoms with Gasteiger partial charge in [0.2, 0.25) is 5.91 Å². The van der Waals surface area contributed by atoms with Crippen molar-refractivity contribution < 1.29 is 18.8 Å². The molecule has 30 heavy (non-hydrogen) atoms. The number of hydrogen-bond acceptors (Lipinski definition) is 4. The van der Waals surface area contributed by atoms with Gasteiger partial charge in [-0.25, -0.2) is 4.39 Å². The molecule has 0 aliphatic carbocycles. The zero-order valence-corrected chi connectivity index (χ0v) is 16.7. The number of hydrogen-bond donors (Lipinski definition) is 2. The third kappa shape index (κ3) is 4.23. The van der Waals surface area contributed by atoms with Gasteiger partial charge in [-0.05, 0) is 60.3 Å². The highest BCUT2D eigenvalue weighted by atomic mass is 32.1. The molecule has 2 N–H and O–H groups in total. The van der Waals surface area contributed by atoms with Gasteiger partial charge in [0.15, 0.2) is 0 Å². The Morgan fingerprint density at radius 2 is 1.70 bits per heavy atom. The van der Waals surface area contributed by atoms with E-state index < -0.39 is 11.7 Å². The Labute approximate surface area is 176 Å². The molecule has 1 aliphatic rings. The van der Waals surface area contributed by atoms with Crippen molar-refractivity contribution in [2.45, 2.75) is 12.8 Å².